The van der Waals surface area contributed by atoms with E-state index in [1.54, 1.807) is 17.0 Å². The molecule has 1 aliphatic rings. The number of methoxy groups -OCH3 is 1. The highest BCUT2D eigenvalue weighted by molar-refractivity contribution is 8.00. The summed E-state index contributed by atoms with van der Waals surface area (Å²) in [6.07, 6.45) is 0. The van der Waals surface area contributed by atoms with E-state index in [-0.39, 0.29) is 29.5 Å². The predicted octanol–water partition coefficient (Wildman–Crippen LogP) is 0.596. The second-order valence-electron chi connectivity index (χ2n) is 5.37. The fraction of sp³-hybridized carbons (Fsp3) is 0.400. The fourth-order valence-corrected chi connectivity index (χ4v) is 3.52. The molecule has 0 bridgehead atoms. The fourth-order valence-electron chi connectivity index (χ4n) is 2.40. The molecule has 0 aliphatic carbocycles. The average molecular weight is 365 g/mol. The number of carbonyl (C=O) groups excluding carboxylic acids is 2. The summed E-state index contributed by atoms with van der Waals surface area (Å²) < 4.78 is 17.7. The maximum Gasteiger partial charge on any atom is 0.320 e. The lowest BCUT2D eigenvalue weighted by Crippen LogP contribution is -2.46. The number of ether oxygens (including phenoxy) is 1. The van der Waals surface area contributed by atoms with Crippen molar-refractivity contribution >= 4 is 23.6 Å². The minimum atomic E-state index is -0.374. The summed E-state index contributed by atoms with van der Waals surface area (Å²) in [5.74, 6) is 0.0954. The molecule has 2 aromatic rings. The van der Waals surface area contributed by atoms with Crippen molar-refractivity contribution in [1.82, 2.24) is 25.1 Å². The number of halogens is 1. The first-order valence-corrected chi connectivity index (χ1v) is 8.62. The van der Waals surface area contributed by atoms with Crippen LogP contribution < -0.4 is 0 Å². The molecule has 1 aliphatic heterocycles. The normalized spacial score (nSPS) is 17.4. The quantitative estimate of drug-likeness (QED) is 0.733. The van der Waals surface area contributed by atoms with E-state index in [1.807, 2.05) is 0 Å². The van der Waals surface area contributed by atoms with Crippen molar-refractivity contribution in [1.29, 1.82) is 0 Å². The third-order valence-electron chi connectivity index (χ3n) is 3.72. The van der Waals surface area contributed by atoms with E-state index in [9.17, 15) is 14.0 Å². The first-order chi connectivity index (χ1) is 12.1. The van der Waals surface area contributed by atoms with Crippen LogP contribution >= 0.6 is 11.8 Å². The van der Waals surface area contributed by atoms with Gasteiger partial charge in [0.1, 0.15) is 17.6 Å². The van der Waals surface area contributed by atoms with Gasteiger partial charge in [-0.3, -0.25) is 9.59 Å². The zero-order valence-corrected chi connectivity index (χ0v) is 14.3. The third-order valence-corrected chi connectivity index (χ3v) is 4.88. The monoisotopic (exact) mass is 365 g/mol. The van der Waals surface area contributed by atoms with Crippen LogP contribution in [0.3, 0.4) is 0 Å². The lowest BCUT2D eigenvalue weighted by Gasteiger charge is -2.30. The van der Waals surface area contributed by atoms with Crippen LogP contribution in [-0.4, -0.2) is 68.2 Å². The van der Waals surface area contributed by atoms with Gasteiger partial charge in [0, 0.05) is 24.4 Å². The van der Waals surface area contributed by atoms with E-state index in [4.69, 9.17) is 4.74 Å². The van der Waals surface area contributed by atoms with Crippen molar-refractivity contribution in [3.8, 4) is 11.4 Å². The van der Waals surface area contributed by atoms with Crippen LogP contribution in [0.5, 0.6) is 0 Å². The van der Waals surface area contributed by atoms with Crippen LogP contribution in [0.15, 0.2) is 24.3 Å². The van der Waals surface area contributed by atoms with Crippen LogP contribution in [0.25, 0.3) is 11.4 Å². The summed E-state index contributed by atoms with van der Waals surface area (Å²) in [6.45, 7) is 0.777. The Morgan fingerprint density at radius 1 is 1.36 bits per heavy atom. The molecular weight excluding hydrogens is 349 g/mol. The molecule has 1 amide bonds. The number of hydrogen-bond acceptors (Lipinski definition) is 7. The van der Waals surface area contributed by atoms with Gasteiger partial charge in [0.05, 0.1) is 7.11 Å². The Labute approximate surface area is 147 Å². The number of aromatic nitrogens is 4. The zero-order chi connectivity index (χ0) is 17.8. The Hall–Kier alpha value is -2.49. The van der Waals surface area contributed by atoms with Crippen LogP contribution in [-0.2, 0) is 20.9 Å². The Kier molecular flexibility index (Phi) is 5.27. The molecule has 1 aromatic heterocycles. The highest BCUT2D eigenvalue weighted by atomic mass is 32.2. The van der Waals surface area contributed by atoms with Gasteiger partial charge in [-0.15, -0.1) is 22.0 Å². The molecule has 0 saturated carbocycles. The minimum absolute atomic E-state index is 0.0766. The van der Waals surface area contributed by atoms with Crippen LogP contribution in [0.2, 0.25) is 0 Å². The van der Waals surface area contributed by atoms with E-state index in [0.717, 1.165) is 0 Å². The lowest BCUT2D eigenvalue weighted by molar-refractivity contribution is -0.141. The van der Waals surface area contributed by atoms with Crippen LogP contribution in [0, 0.1) is 5.82 Å². The molecule has 2 heterocycles. The Morgan fingerprint density at radius 3 is 2.84 bits per heavy atom. The van der Waals surface area contributed by atoms with E-state index in [1.165, 1.54) is 35.8 Å². The standard InChI is InChI=1S/C15H16FN5O3S/c1-24-15(23)12-8-20(6-7-25-12)13(22)9-21-18-14(17-19-21)10-2-4-11(16)5-3-10/h2-5,12H,6-9H2,1H3/t12-/m1/s1. The number of carbonyl (C=O) groups is 2. The first kappa shape index (κ1) is 17.3. The molecule has 10 heteroatoms. The summed E-state index contributed by atoms with van der Waals surface area (Å²) in [6, 6.07) is 5.70. The van der Waals surface area contributed by atoms with E-state index in [0.29, 0.717) is 30.2 Å². The molecule has 8 nitrogen and oxygen atoms in total. The molecule has 1 saturated heterocycles. The Morgan fingerprint density at radius 2 is 2.12 bits per heavy atom. The van der Waals surface area contributed by atoms with Gasteiger partial charge in [0.2, 0.25) is 11.7 Å². The van der Waals surface area contributed by atoms with Crippen molar-refractivity contribution < 1.29 is 18.7 Å². The Balaban J connectivity index is 1.63. The number of hydrogen-bond donors (Lipinski definition) is 0. The summed E-state index contributed by atoms with van der Waals surface area (Å²) in [4.78, 5) is 26.8. The molecule has 0 unspecified atom stereocenters. The van der Waals surface area contributed by atoms with Gasteiger partial charge < -0.3 is 9.64 Å². The minimum Gasteiger partial charge on any atom is -0.468 e. The predicted molar refractivity (Wildman–Crippen MR) is 88.1 cm³/mol. The largest absolute Gasteiger partial charge is 0.468 e. The molecule has 1 aromatic carbocycles. The smallest absolute Gasteiger partial charge is 0.320 e. The molecular formula is C15H16FN5O3S. The van der Waals surface area contributed by atoms with Crippen molar-refractivity contribution in [3.05, 3.63) is 30.1 Å². The number of benzene rings is 1. The second kappa shape index (κ2) is 7.60. The highest BCUT2D eigenvalue weighted by Gasteiger charge is 2.29. The number of nitrogens with zero attached hydrogens (tertiary/aromatic N) is 5. The number of rotatable bonds is 4. The van der Waals surface area contributed by atoms with E-state index < -0.39 is 0 Å². The molecule has 0 N–H and O–H groups in total. The average Bonchev–Trinajstić information content (AvgIpc) is 3.10. The molecule has 25 heavy (non-hydrogen) atoms. The zero-order valence-electron chi connectivity index (χ0n) is 13.5. The van der Waals surface area contributed by atoms with Gasteiger partial charge in [-0.05, 0) is 29.5 Å². The van der Waals surface area contributed by atoms with Gasteiger partial charge in [0.25, 0.3) is 0 Å². The molecule has 1 fully saturated rings. The van der Waals surface area contributed by atoms with Crippen molar-refractivity contribution in [2.45, 2.75) is 11.8 Å². The topological polar surface area (TPSA) is 90.2 Å². The van der Waals surface area contributed by atoms with Crippen LogP contribution in [0.4, 0.5) is 4.39 Å². The maximum atomic E-state index is 13.0. The summed E-state index contributed by atoms with van der Waals surface area (Å²) >= 11 is 1.48. The number of esters is 1. The maximum absolute atomic E-state index is 13.0. The highest BCUT2D eigenvalue weighted by Crippen LogP contribution is 2.20. The first-order valence-electron chi connectivity index (χ1n) is 7.58. The number of thioether (sulfide) groups is 1. The number of amides is 1. The van der Waals surface area contributed by atoms with Gasteiger partial charge in [-0.1, -0.05) is 0 Å². The number of tetrazole rings is 1. The van der Waals surface area contributed by atoms with Gasteiger partial charge in [-0.2, -0.15) is 4.80 Å². The van der Waals surface area contributed by atoms with Crippen LogP contribution in [0.1, 0.15) is 0 Å². The second-order valence-corrected chi connectivity index (χ2v) is 6.68. The van der Waals surface area contributed by atoms with E-state index >= 15 is 0 Å². The van der Waals surface area contributed by atoms with E-state index in [2.05, 4.69) is 15.4 Å². The van der Waals surface area contributed by atoms with Crippen molar-refractivity contribution in [3.63, 3.8) is 0 Å². The molecule has 0 radical (unpaired) electrons. The summed E-state index contributed by atoms with van der Waals surface area (Å²) in [5, 5.41) is 11.5. The SMILES string of the molecule is COC(=O)[C@H]1CN(C(=O)Cn2nnc(-c3ccc(F)cc3)n2)CCS1. The van der Waals surface area contributed by atoms with Gasteiger partial charge in [-0.25, -0.2) is 4.39 Å². The summed E-state index contributed by atoms with van der Waals surface area (Å²) in [7, 11) is 1.33. The van der Waals surface area contributed by atoms with Gasteiger partial charge >= 0.3 is 5.97 Å². The third kappa shape index (κ3) is 4.13. The van der Waals surface area contributed by atoms with Gasteiger partial charge in [0.15, 0.2) is 0 Å². The molecule has 0 spiro atoms. The molecule has 1 atom stereocenters. The molecule has 3 rings (SSSR count). The van der Waals surface area contributed by atoms with Crippen molar-refractivity contribution in [2.24, 2.45) is 0 Å². The summed E-state index contributed by atoms with van der Waals surface area (Å²) in [5.41, 5.74) is 0.611. The van der Waals surface area contributed by atoms with Crippen molar-refractivity contribution in [2.75, 3.05) is 26.0 Å². The lowest BCUT2D eigenvalue weighted by atomic mass is 10.2. The molecule has 132 valence electrons. The Bertz CT molecular complexity index is 767.